The SMILES string of the molecule is C[C@H](Sc1nnc(C[C@@H]2CCS(=O)(=O)C2)n1C)C(=O)Nc1sc2c(c1C(N)=O)CCC2. The number of thioether (sulfide) groups is 1. The molecule has 3 N–H and O–H groups in total. The zero-order valence-corrected chi connectivity index (χ0v) is 19.8. The Bertz CT molecular complexity index is 1140. The highest BCUT2D eigenvalue weighted by atomic mass is 32.2. The van der Waals surface area contributed by atoms with Gasteiger partial charge in [0.1, 0.15) is 10.8 Å². The number of rotatable bonds is 7. The van der Waals surface area contributed by atoms with Gasteiger partial charge in [-0.15, -0.1) is 21.5 Å². The number of hydrogen-bond donors (Lipinski definition) is 2. The number of carbonyl (C=O) groups excluding carboxylic acids is 2. The number of anilines is 1. The minimum atomic E-state index is -2.94. The van der Waals surface area contributed by atoms with Crippen molar-refractivity contribution in [3.63, 3.8) is 0 Å². The van der Waals surface area contributed by atoms with Crippen molar-refractivity contribution in [3.05, 3.63) is 21.8 Å². The van der Waals surface area contributed by atoms with Gasteiger partial charge in [-0.05, 0) is 44.1 Å². The van der Waals surface area contributed by atoms with Gasteiger partial charge in [0, 0.05) is 18.3 Å². The number of nitrogens with one attached hydrogen (secondary N) is 1. The van der Waals surface area contributed by atoms with Crippen molar-refractivity contribution in [2.75, 3.05) is 16.8 Å². The fourth-order valence-corrected chi connectivity index (χ4v) is 8.09. The number of hydrogen-bond acceptors (Lipinski definition) is 8. The Morgan fingerprint density at radius 1 is 1.35 bits per heavy atom. The van der Waals surface area contributed by atoms with Crippen LogP contribution in [0.3, 0.4) is 0 Å². The van der Waals surface area contributed by atoms with Crippen molar-refractivity contribution in [1.82, 2.24) is 14.8 Å². The number of nitrogens with two attached hydrogens (primary N) is 1. The van der Waals surface area contributed by atoms with Gasteiger partial charge in [0.2, 0.25) is 5.91 Å². The van der Waals surface area contributed by atoms with Gasteiger partial charge in [-0.3, -0.25) is 9.59 Å². The Balaban J connectivity index is 1.41. The summed E-state index contributed by atoms with van der Waals surface area (Å²) in [7, 11) is -1.12. The second-order valence-corrected chi connectivity index (χ2v) is 12.7. The molecule has 168 valence electrons. The number of amides is 2. The maximum Gasteiger partial charge on any atom is 0.251 e. The lowest BCUT2D eigenvalue weighted by Gasteiger charge is -2.12. The number of primary amides is 1. The van der Waals surface area contributed by atoms with Crippen molar-refractivity contribution in [2.45, 2.75) is 49.4 Å². The lowest BCUT2D eigenvalue weighted by molar-refractivity contribution is -0.115. The molecule has 4 rings (SSSR count). The number of thiophene rings is 1. The zero-order chi connectivity index (χ0) is 22.3. The molecule has 1 saturated heterocycles. The molecule has 9 nitrogen and oxygen atoms in total. The van der Waals surface area contributed by atoms with Gasteiger partial charge in [-0.25, -0.2) is 8.42 Å². The summed E-state index contributed by atoms with van der Waals surface area (Å²) < 4.78 is 25.2. The maximum atomic E-state index is 12.8. The summed E-state index contributed by atoms with van der Waals surface area (Å²) in [6.45, 7) is 1.77. The van der Waals surface area contributed by atoms with Crippen LogP contribution in [0.5, 0.6) is 0 Å². The summed E-state index contributed by atoms with van der Waals surface area (Å²) in [5.74, 6) is 0.435. The second kappa shape index (κ2) is 8.55. The van der Waals surface area contributed by atoms with Crippen LogP contribution in [0, 0.1) is 5.92 Å². The van der Waals surface area contributed by atoms with E-state index >= 15 is 0 Å². The summed E-state index contributed by atoms with van der Waals surface area (Å²) in [5.41, 5.74) is 6.98. The molecule has 1 aliphatic heterocycles. The largest absolute Gasteiger partial charge is 0.365 e. The molecule has 2 aromatic rings. The van der Waals surface area contributed by atoms with E-state index in [1.807, 2.05) is 11.6 Å². The summed E-state index contributed by atoms with van der Waals surface area (Å²) in [6.07, 6.45) is 3.91. The Kier molecular flexibility index (Phi) is 6.14. The quantitative estimate of drug-likeness (QED) is 0.570. The summed E-state index contributed by atoms with van der Waals surface area (Å²) in [5, 5.41) is 11.9. The molecule has 0 aromatic carbocycles. The van der Waals surface area contributed by atoms with Crippen LogP contribution in [0.15, 0.2) is 5.16 Å². The molecular weight excluding hydrogens is 458 g/mol. The van der Waals surface area contributed by atoms with Crippen molar-refractivity contribution in [1.29, 1.82) is 0 Å². The molecule has 2 aliphatic rings. The lowest BCUT2D eigenvalue weighted by Crippen LogP contribution is -2.24. The van der Waals surface area contributed by atoms with Gasteiger partial charge >= 0.3 is 0 Å². The van der Waals surface area contributed by atoms with Crippen LogP contribution in [0.25, 0.3) is 0 Å². The third-order valence-electron chi connectivity index (χ3n) is 5.78. The van der Waals surface area contributed by atoms with Crippen LogP contribution in [0.2, 0.25) is 0 Å². The maximum absolute atomic E-state index is 12.8. The predicted octanol–water partition coefficient (Wildman–Crippen LogP) is 1.56. The molecule has 12 heteroatoms. The number of fused-ring (bicyclic) bond motifs is 1. The second-order valence-electron chi connectivity index (χ2n) is 8.11. The van der Waals surface area contributed by atoms with E-state index in [1.165, 1.54) is 23.1 Å². The van der Waals surface area contributed by atoms with Crippen molar-refractivity contribution in [2.24, 2.45) is 18.7 Å². The molecule has 2 aromatic heterocycles. The first-order valence-corrected chi connectivity index (χ1v) is 13.7. The fraction of sp³-hybridized carbons (Fsp3) is 0.579. The van der Waals surface area contributed by atoms with E-state index in [9.17, 15) is 18.0 Å². The Labute approximate surface area is 189 Å². The Morgan fingerprint density at radius 2 is 2.13 bits per heavy atom. The first-order chi connectivity index (χ1) is 14.6. The van der Waals surface area contributed by atoms with Gasteiger partial charge < -0.3 is 15.6 Å². The van der Waals surface area contributed by atoms with Crippen molar-refractivity contribution in [3.8, 4) is 0 Å². The highest BCUT2D eigenvalue weighted by Gasteiger charge is 2.30. The molecule has 2 amide bonds. The topological polar surface area (TPSA) is 137 Å². The summed E-state index contributed by atoms with van der Waals surface area (Å²) in [4.78, 5) is 25.8. The average Bonchev–Trinajstić information content (AvgIpc) is 3.42. The van der Waals surface area contributed by atoms with Crippen molar-refractivity contribution >= 4 is 49.8 Å². The van der Waals surface area contributed by atoms with E-state index in [0.717, 1.165) is 29.7 Å². The molecule has 1 fully saturated rings. The van der Waals surface area contributed by atoms with Crippen LogP contribution in [-0.4, -0.2) is 51.8 Å². The summed E-state index contributed by atoms with van der Waals surface area (Å²) >= 11 is 2.70. The number of nitrogens with zero attached hydrogens (tertiary/aromatic N) is 3. The van der Waals surface area contributed by atoms with E-state index in [0.29, 0.717) is 34.4 Å². The van der Waals surface area contributed by atoms with Crippen LogP contribution in [-0.2, 0) is 40.9 Å². The van der Waals surface area contributed by atoms with E-state index in [1.54, 1.807) is 6.92 Å². The molecule has 31 heavy (non-hydrogen) atoms. The van der Waals surface area contributed by atoms with Gasteiger partial charge in [0.15, 0.2) is 15.0 Å². The van der Waals surface area contributed by atoms with Crippen LogP contribution in [0.1, 0.15) is 46.4 Å². The molecule has 0 radical (unpaired) electrons. The van der Waals surface area contributed by atoms with Crippen LogP contribution >= 0.6 is 23.1 Å². The first-order valence-electron chi connectivity index (χ1n) is 10.1. The molecule has 1 aliphatic carbocycles. The van der Waals surface area contributed by atoms with E-state index in [4.69, 9.17) is 5.73 Å². The highest BCUT2D eigenvalue weighted by molar-refractivity contribution is 8.00. The molecule has 0 saturated carbocycles. The third kappa shape index (κ3) is 4.65. The number of aromatic nitrogens is 3. The minimum absolute atomic E-state index is 0.0551. The average molecular weight is 484 g/mol. The standard InChI is InChI=1S/C19H25N5O4S3/c1-10(17(26)21-18-15(16(20)25)12-4-3-5-13(12)30-18)29-19-23-22-14(24(19)2)8-11-6-7-31(27,28)9-11/h10-11H,3-9H2,1-2H3,(H2,20,25)(H,21,26)/t10-,11-/m0/s1. The highest BCUT2D eigenvalue weighted by Crippen LogP contribution is 2.39. The fourth-order valence-electron chi connectivity index (χ4n) is 4.09. The molecule has 0 bridgehead atoms. The monoisotopic (exact) mass is 483 g/mol. The smallest absolute Gasteiger partial charge is 0.251 e. The predicted molar refractivity (Wildman–Crippen MR) is 120 cm³/mol. The molecular formula is C19H25N5O4S3. The van der Waals surface area contributed by atoms with Crippen LogP contribution in [0.4, 0.5) is 5.00 Å². The van der Waals surface area contributed by atoms with Gasteiger partial charge in [0.05, 0.1) is 22.3 Å². The molecule has 3 heterocycles. The third-order valence-corrected chi connectivity index (χ3v) is 9.96. The van der Waals surface area contributed by atoms with Crippen molar-refractivity contribution < 1.29 is 18.0 Å². The van der Waals surface area contributed by atoms with Crippen LogP contribution < -0.4 is 11.1 Å². The van der Waals surface area contributed by atoms with Gasteiger partial charge in [-0.1, -0.05) is 11.8 Å². The molecule has 0 spiro atoms. The Morgan fingerprint density at radius 3 is 2.81 bits per heavy atom. The van der Waals surface area contributed by atoms with E-state index < -0.39 is 21.0 Å². The number of aryl methyl sites for hydroxylation is 1. The van der Waals surface area contributed by atoms with E-state index in [2.05, 4.69) is 15.5 Å². The number of sulfone groups is 1. The molecule has 2 atom stereocenters. The zero-order valence-electron chi connectivity index (χ0n) is 17.4. The van der Waals surface area contributed by atoms with Gasteiger partial charge in [-0.2, -0.15) is 0 Å². The normalized spacial score (nSPS) is 20.5. The molecule has 0 unspecified atom stereocenters. The summed E-state index contributed by atoms with van der Waals surface area (Å²) in [6, 6.07) is 0. The Hall–Kier alpha value is -1.92. The lowest BCUT2D eigenvalue weighted by atomic mass is 10.1. The van der Waals surface area contributed by atoms with Gasteiger partial charge in [0.25, 0.3) is 5.91 Å². The number of carbonyl (C=O) groups is 2. The first kappa shape index (κ1) is 22.3. The minimum Gasteiger partial charge on any atom is -0.365 e. The van der Waals surface area contributed by atoms with E-state index in [-0.39, 0.29) is 23.3 Å².